The zero-order valence-corrected chi connectivity index (χ0v) is 20.0. The SMILES string of the molecule is CCc1ccc(NC(=O)CSCc2nc3sc4c(c3c(=O)[nH]2)CCCC4)cc1S(N)(=O)=O. The van der Waals surface area contributed by atoms with E-state index >= 15 is 0 Å². The number of hydrogen-bond acceptors (Lipinski definition) is 7. The number of aromatic amines is 1. The third-order valence-electron chi connectivity index (χ3n) is 5.38. The Morgan fingerprint density at radius 2 is 2.09 bits per heavy atom. The molecule has 1 amide bonds. The number of thioether (sulfide) groups is 1. The Balaban J connectivity index is 1.40. The predicted molar refractivity (Wildman–Crippen MR) is 129 cm³/mol. The van der Waals surface area contributed by atoms with Gasteiger partial charge in [0.15, 0.2) is 0 Å². The molecule has 11 heteroatoms. The minimum Gasteiger partial charge on any atom is -0.325 e. The zero-order chi connectivity index (χ0) is 22.9. The van der Waals surface area contributed by atoms with Crippen molar-refractivity contribution in [2.75, 3.05) is 11.1 Å². The fourth-order valence-corrected chi connectivity index (χ4v) is 6.74. The number of aryl methyl sites for hydroxylation is 3. The first-order valence-electron chi connectivity index (χ1n) is 10.3. The molecule has 3 aromatic rings. The quantitative estimate of drug-likeness (QED) is 0.464. The van der Waals surface area contributed by atoms with Crippen molar-refractivity contribution in [1.82, 2.24) is 9.97 Å². The Morgan fingerprint density at radius 1 is 1.31 bits per heavy atom. The van der Waals surface area contributed by atoms with Crippen molar-refractivity contribution >= 4 is 54.9 Å². The van der Waals surface area contributed by atoms with Crippen LogP contribution < -0.4 is 16.0 Å². The maximum absolute atomic E-state index is 12.6. The fourth-order valence-electron chi connectivity index (χ4n) is 3.90. The highest BCUT2D eigenvalue weighted by atomic mass is 32.2. The Morgan fingerprint density at radius 3 is 2.84 bits per heavy atom. The number of thiophene rings is 1. The van der Waals surface area contributed by atoms with Gasteiger partial charge >= 0.3 is 0 Å². The maximum atomic E-state index is 12.6. The number of nitrogens with two attached hydrogens (primary N) is 1. The molecule has 4 N–H and O–H groups in total. The van der Waals surface area contributed by atoms with Gasteiger partial charge in [-0.15, -0.1) is 23.1 Å². The Bertz CT molecular complexity index is 1350. The molecule has 0 fully saturated rings. The largest absolute Gasteiger partial charge is 0.325 e. The van der Waals surface area contributed by atoms with Crippen molar-refractivity contribution in [1.29, 1.82) is 0 Å². The number of amides is 1. The molecular weight excluding hydrogens is 468 g/mol. The first-order chi connectivity index (χ1) is 15.3. The summed E-state index contributed by atoms with van der Waals surface area (Å²) in [4.78, 5) is 34.4. The van der Waals surface area contributed by atoms with Crippen molar-refractivity contribution in [2.24, 2.45) is 5.14 Å². The van der Waals surface area contributed by atoms with Crippen molar-refractivity contribution in [3.8, 4) is 0 Å². The number of carbonyl (C=O) groups is 1. The van der Waals surface area contributed by atoms with Gasteiger partial charge in [0.25, 0.3) is 5.56 Å². The van der Waals surface area contributed by atoms with Crippen LogP contribution in [0.1, 0.15) is 41.6 Å². The number of primary sulfonamides is 1. The number of sulfonamides is 1. The molecule has 170 valence electrons. The second kappa shape index (κ2) is 9.34. The average Bonchev–Trinajstić information content (AvgIpc) is 3.12. The predicted octanol–water partition coefficient (Wildman–Crippen LogP) is 2.95. The highest BCUT2D eigenvalue weighted by Gasteiger charge is 2.20. The number of nitrogens with zero attached hydrogens (tertiary/aromatic N) is 1. The van der Waals surface area contributed by atoms with Gasteiger partial charge in [-0.3, -0.25) is 9.59 Å². The molecule has 0 radical (unpaired) electrons. The van der Waals surface area contributed by atoms with Crippen LogP contribution in [0.4, 0.5) is 5.69 Å². The Labute approximate surface area is 194 Å². The molecule has 1 aromatic carbocycles. The third kappa shape index (κ3) is 4.90. The van der Waals surface area contributed by atoms with E-state index in [0.29, 0.717) is 29.2 Å². The van der Waals surface area contributed by atoms with Crippen molar-refractivity contribution < 1.29 is 13.2 Å². The fraction of sp³-hybridized carbons (Fsp3) is 0.381. The van der Waals surface area contributed by atoms with E-state index in [2.05, 4.69) is 15.3 Å². The highest BCUT2D eigenvalue weighted by Crippen LogP contribution is 2.33. The molecule has 32 heavy (non-hydrogen) atoms. The summed E-state index contributed by atoms with van der Waals surface area (Å²) >= 11 is 2.92. The van der Waals surface area contributed by atoms with Crippen molar-refractivity contribution in [3.05, 3.63) is 50.4 Å². The highest BCUT2D eigenvalue weighted by molar-refractivity contribution is 7.99. The molecule has 4 rings (SSSR count). The molecule has 1 aliphatic rings. The van der Waals surface area contributed by atoms with Crippen LogP contribution in [0.2, 0.25) is 0 Å². The lowest BCUT2D eigenvalue weighted by molar-refractivity contribution is -0.113. The average molecular weight is 493 g/mol. The monoisotopic (exact) mass is 492 g/mol. The van der Waals surface area contributed by atoms with Crippen molar-refractivity contribution in [3.63, 3.8) is 0 Å². The number of hydrogen-bond donors (Lipinski definition) is 3. The lowest BCUT2D eigenvalue weighted by Gasteiger charge is -2.10. The van der Waals surface area contributed by atoms with Crippen LogP contribution in [0.25, 0.3) is 10.2 Å². The van der Waals surface area contributed by atoms with Crippen LogP contribution in [0.5, 0.6) is 0 Å². The van der Waals surface area contributed by atoms with Gasteiger partial charge in [-0.25, -0.2) is 18.5 Å². The molecule has 8 nitrogen and oxygen atoms in total. The van der Waals surface area contributed by atoms with Gasteiger partial charge in [-0.1, -0.05) is 13.0 Å². The second-order valence-corrected chi connectivity index (χ2v) is 11.3. The van der Waals surface area contributed by atoms with E-state index in [1.54, 1.807) is 23.5 Å². The summed E-state index contributed by atoms with van der Waals surface area (Å²) < 4.78 is 23.6. The molecule has 2 aromatic heterocycles. The van der Waals surface area contributed by atoms with E-state index in [1.165, 1.54) is 22.7 Å². The first kappa shape index (κ1) is 23.0. The summed E-state index contributed by atoms with van der Waals surface area (Å²) in [6.07, 6.45) is 4.70. The van der Waals surface area contributed by atoms with Crippen LogP contribution in [-0.2, 0) is 39.8 Å². The molecule has 0 bridgehead atoms. The van der Waals surface area contributed by atoms with Gasteiger partial charge in [0.2, 0.25) is 15.9 Å². The second-order valence-electron chi connectivity index (χ2n) is 7.67. The van der Waals surface area contributed by atoms with Gasteiger partial charge in [0.05, 0.1) is 21.8 Å². The summed E-state index contributed by atoms with van der Waals surface area (Å²) in [5.74, 6) is 0.777. The lowest BCUT2D eigenvalue weighted by Crippen LogP contribution is -2.18. The molecular formula is C21H24N4O4S3. The number of nitrogens with one attached hydrogen (secondary N) is 2. The van der Waals surface area contributed by atoms with Gasteiger partial charge < -0.3 is 10.3 Å². The number of benzene rings is 1. The van der Waals surface area contributed by atoms with E-state index in [9.17, 15) is 18.0 Å². The summed E-state index contributed by atoms with van der Waals surface area (Å²) in [7, 11) is -3.88. The number of H-pyrrole nitrogens is 1. The van der Waals surface area contributed by atoms with Gasteiger partial charge in [0.1, 0.15) is 10.7 Å². The van der Waals surface area contributed by atoms with Gasteiger partial charge in [-0.05, 0) is 55.4 Å². The zero-order valence-electron chi connectivity index (χ0n) is 17.6. The number of fused-ring (bicyclic) bond motifs is 3. The maximum Gasteiger partial charge on any atom is 0.259 e. The first-order valence-corrected chi connectivity index (χ1v) is 13.8. The normalized spacial score (nSPS) is 13.8. The Hall–Kier alpha value is -2.21. The summed E-state index contributed by atoms with van der Waals surface area (Å²) in [5.41, 5.74) is 2.01. The van der Waals surface area contributed by atoms with Crippen LogP contribution in [0.3, 0.4) is 0 Å². The molecule has 2 heterocycles. The summed E-state index contributed by atoms with van der Waals surface area (Å²) in [5, 5.41) is 8.70. The minimum absolute atomic E-state index is 0.0131. The smallest absolute Gasteiger partial charge is 0.259 e. The van der Waals surface area contributed by atoms with E-state index in [4.69, 9.17) is 5.14 Å². The molecule has 0 spiro atoms. The topological polar surface area (TPSA) is 135 Å². The molecule has 0 saturated heterocycles. The lowest BCUT2D eigenvalue weighted by atomic mass is 9.97. The number of carbonyl (C=O) groups excluding carboxylic acids is 1. The summed E-state index contributed by atoms with van der Waals surface area (Å²) in [6, 6.07) is 4.68. The van der Waals surface area contributed by atoms with Crippen LogP contribution >= 0.6 is 23.1 Å². The summed E-state index contributed by atoms with van der Waals surface area (Å²) in [6.45, 7) is 1.83. The van der Waals surface area contributed by atoms with E-state index in [0.717, 1.165) is 41.5 Å². The van der Waals surface area contributed by atoms with Crippen molar-refractivity contribution in [2.45, 2.75) is 49.7 Å². The third-order valence-corrected chi connectivity index (χ3v) is 8.51. The number of aromatic nitrogens is 2. The molecule has 0 aliphatic heterocycles. The van der Waals surface area contributed by atoms with Gasteiger partial charge in [0, 0.05) is 10.6 Å². The van der Waals surface area contributed by atoms with Gasteiger partial charge in [-0.2, -0.15) is 0 Å². The molecule has 0 atom stereocenters. The standard InChI is InChI=1S/C21H24N4O4S3/c1-2-12-7-8-13(9-16(12)32(22,28)29)23-18(26)11-30-10-17-24-20(27)19-14-5-3-4-6-15(14)31-21(19)25-17/h7-9H,2-6,10-11H2,1H3,(H,23,26)(H2,22,28,29)(H,24,25,27). The molecule has 1 aliphatic carbocycles. The Kier molecular flexibility index (Phi) is 6.70. The number of anilines is 1. The van der Waals surface area contributed by atoms with Crippen LogP contribution in [-0.4, -0.2) is 30.0 Å². The molecule has 0 unspecified atom stereocenters. The molecule has 0 saturated carbocycles. The van der Waals surface area contributed by atoms with Crippen LogP contribution in [0, 0.1) is 0 Å². The van der Waals surface area contributed by atoms with E-state index in [1.807, 2.05) is 6.92 Å². The number of rotatable bonds is 7. The van der Waals surface area contributed by atoms with E-state index < -0.39 is 10.0 Å². The van der Waals surface area contributed by atoms with E-state index in [-0.39, 0.29) is 22.1 Å². The van der Waals surface area contributed by atoms with Crippen LogP contribution in [0.15, 0.2) is 27.9 Å². The minimum atomic E-state index is -3.88.